The number of hydrogen-bond acceptors (Lipinski definition) is 5. The number of fused-ring (bicyclic) bond motifs is 1. The second kappa shape index (κ2) is 8.46. The summed E-state index contributed by atoms with van der Waals surface area (Å²) < 4.78 is 14.1. The summed E-state index contributed by atoms with van der Waals surface area (Å²) in [5.74, 6) is 2.53. The molecule has 0 saturated heterocycles. The van der Waals surface area contributed by atoms with Crippen LogP contribution in [0.3, 0.4) is 0 Å². The summed E-state index contributed by atoms with van der Waals surface area (Å²) in [6.07, 6.45) is 1.01. The normalized spacial score (nSPS) is 16.0. The van der Waals surface area contributed by atoms with Crippen molar-refractivity contribution in [3.63, 3.8) is 0 Å². The maximum absolute atomic E-state index is 5.80. The van der Waals surface area contributed by atoms with Crippen molar-refractivity contribution in [1.29, 1.82) is 0 Å². The average Bonchev–Trinajstić information content (AvgIpc) is 3.33. The van der Waals surface area contributed by atoms with Gasteiger partial charge < -0.3 is 14.4 Å². The SMILES string of the molecule is CCOc1cc2c(cc1OCC)C[NH+](Cn1[nH]c(-c3cccs3)nc1=S)CC2. The molecule has 0 fully saturated rings. The third-order valence-electron chi connectivity index (χ3n) is 4.87. The van der Waals surface area contributed by atoms with Gasteiger partial charge in [0, 0.05) is 12.0 Å². The van der Waals surface area contributed by atoms with E-state index in [4.69, 9.17) is 21.7 Å². The molecule has 0 saturated carbocycles. The van der Waals surface area contributed by atoms with Crippen molar-refractivity contribution in [3.05, 3.63) is 45.5 Å². The molecule has 0 bridgehead atoms. The molecule has 2 N–H and O–H groups in total. The van der Waals surface area contributed by atoms with Crippen LogP contribution < -0.4 is 14.4 Å². The van der Waals surface area contributed by atoms with Crippen molar-refractivity contribution in [2.75, 3.05) is 19.8 Å². The number of ether oxygens (including phenoxy) is 2. The molecule has 0 amide bonds. The zero-order valence-electron chi connectivity index (χ0n) is 16.2. The van der Waals surface area contributed by atoms with E-state index in [1.54, 1.807) is 11.3 Å². The van der Waals surface area contributed by atoms with Gasteiger partial charge in [-0.2, -0.15) is 4.98 Å². The van der Waals surface area contributed by atoms with Gasteiger partial charge in [0.1, 0.15) is 6.54 Å². The summed E-state index contributed by atoms with van der Waals surface area (Å²) in [5.41, 5.74) is 2.67. The van der Waals surface area contributed by atoms with Gasteiger partial charge in [0.25, 0.3) is 0 Å². The Kier molecular flexibility index (Phi) is 5.79. The maximum atomic E-state index is 5.80. The van der Waals surface area contributed by atoms with Gasteiger partial charge in [-0.1, -0.05) is 6.07 Å². The third kappa shape index (κ3) is 3.99. The van der Waals surface area contributed by atoms with Gasteiger partial charge in [0.05, 0.1) is 24.6 Å². The Balaban J connectivity index is 1.53. The van der Waals surface area contributed by atoms with E-state index in [-0.39, 0.29) is 0 Å². The van der Waals surface area contributed by atoms with Crippen LogP contribution in [0.25, 0.3) is 10.7 Å². The predicted molar refractivity (Wildman–Crippen MR) is 113 cm³/mol. The van der Waals surface area contributed by atoms with Crippen molar-refractivity contribution in [2.45, 2.75) is 33.5 Å². The van der Waals surface area contributed by atoms with Crippen LogP contribution in [0.5, 0.6) is 11.5 Å². The molecular weight excluding hydrogens is 392 g/mol. The van der Waals surface area contributed by atoms with Crippen LogP contribution in [0, 0.1) is 4.77 Å². The van der Waals surface area contributed by atoms with E-state index in [0.29, 0.717) is 18.0 Å². The van der Waals surface area contributed by atoms with Gasteiger partial charge in [-0.25, -0.2) is 4.68 Å². The maximum Gasteiger partial charge on any atom is 0.221 e. The lowest BCUT2D eigenvalue weighted by Crippen LogP contribution is -3.11. The third-order valence-corrected chi connectivity index (χ3v) is 6.06. The fourth-order valence-corrected chi connectivity index (χ4v) is 4.46. The van der Waals surface area contributed by atoms with Crippen molar-refractivity contribution < 1.29 is 14.4 Å². The minimum absolute atomic E-state index is 0.600. The monoisotopic (exact) mass is 417 g/mol. The van der Waals surface area contributed by atoms with Crippen molar-refractivity contribution in [3.8, 4) is 22.2 Å². The number of thiophene rings is 1. The molecular formula is C20H25N4O2S2+. The van der Waals surface area contributed by atoms with Crippen molar-refractivity contribution in [2.24, 2.45) is 0 Å². The molecule has 1 atom stereocenters. The van der Waals surface area contributed by atoms with Crippen molar-refractivity contribution in [1.82, 2.24) is 14.8 Å². The second-order valence-electron chi connectivity index (χ2n) is 6.78. The quantitative estimate of drug-likeness (QED) is 0.580. The van der Waals surface area contributed by atoms with Crippen LogP contribution >= 0.6 is 23.6 Å². The molecule has 1 aliphatic rings. The van der Waals surface area contributed by atoms with Crippen LogP contribution in [0.2, 0.25) is 0 Å². The molecule has 148 valence electrons. The first-order chi connectivity index (χ1) is 13.7. The Morgan fingerprint density at radius 2 is 1.96 bits per heavy atom. The van der Waals surface area contributed by atoms with Gasteiger partial charge in [-0.3, -0.25) is 5.10 Å². The fourth-order valence-electron chi connectivity index (χ4n) is 3.59. The van der Waals surface area contributed by atoms with Crippen molar-refractivity contribution >= 4 is 23.6 Å². The Morgan fingerprint density at radius 1 is 1.21 bits per heavy atom. The first-order valence-electron chi connectivity index (χ1n) is 9.63. The lowest BCUT2D eigenvalue weighted by molar-refractivity contribution is -0.939. The highest BCUT2D eigenvalue weighted by atomic mass is 32.1. The van der Waals surface area contributed by atoms with Gasteiger partial charge >= 0.3 is 0 Å². The van der Waals surface area contributed by atoms with Crippen LogP contribution in [-0.2, 0) is 19.6 Å². The molecule has 1 aromatic carbocycles. The summed E-state index contributed by atoms with van der Waals surface area (Å²) >= 11 is 7.13. The molecule has 3 aromatic rings. The molecule has 1 aliphatic heterocycles. The highest BCUT2D eigenvalue weighted by Crippen LogP contribution is 2.32. The summed E-state index contributed by atoms with van der Waals surface area (Å²) in [6, 6.07) is 8.37. The van der Waals surface area contributed by atoms with E-state index in [9.17, 15) is 0 Å². The van der Waals surface area contributed by atoms with Crippen LogP contribution in [0.1, 0.15) is 25.0 Å². The number of hydrogen-bond donors (Lipinski definition) is 2. The van der Waals surface area contributed by atoms with Gasteiger partial charge in [-0.05, 0) is 55.2 Å². The summed E-state index contributed by atoms with van der Waals surface area (Å²) in [7, 11) is 0. The molecule has 6 nitrogen and oxygen atoms in total. The van der Waals surface area contributed by atoms with E-state index in [1.165, 1.54) is 16.0 Å². The van der Waals surface area contributed by atoms with Gasteiger partial charge in [0.2, 0.25) is 4.77 Å². The Labute approximate surface area is 173 Å². The van der Waals surface area contributed by atoms with E-state index < -0.39 is 0 Å². The number of aromatic amines is 1. The predicted octanol–water partition coefficient (Wildman–Crippen LogP) is 3.07. The largest absolute Gasteiger partial charge is 0.490 e. The fraction of sp³-hybridized carbons (Fsp3) is 0.400. The summed E-state index contributed by atoms with van der Waals surface area (Å²) in [5, 5.41) is 5.41. The topological polar surface area (TPSA) is 56.5 Å². The molecule has 0 spiro atoms. The van der Waals surface area contributed by atoms with Gasteiger partial charge in [-0.15, -0.1) is 11.3 Å². The zero-order chi connectivity index (χ0) is 19.5. The van der Waals surface area contributed by atoms with E-state index in [2.05, 4.69) is 28.3 Å². The molecule has 4 rings (SSSR count). The molecule has 3 heterocycles. The molecule has 28 heavy (non-hydrogen) atoms. The minimum atomic E-state index is 0.600. The van der Waals surface area contributed by atoms with Crippen LogP contribution in [0.15, 0.2) is 29.6 Å². The van der Waals surface area contributed by atoms with Crippen LogP contribution in [0.4, 0.5) is 0 Å². The second-order valence-corrected chi connectivity index (χ2v) is 8.09. The number of H-pyrrole nitrogens is 1. The first kappa shape index (κ1) is 19.2. The number of nitrogens with zero attached hydrogens (tertiary/aromatic N) is 2. The lowest BCUT2D eigenvalue weighted by atomic mass is 9.99. The number of benzene rings is 1. The zero-order valence-corrected chi connectivity index (χ0v) is 17.8. The molecule has 1 unspecified atom stereocenters. The lowest BCUT2D eigenvalue weighted by Gasteiger charge is -2.27. The van der Waals surface area contributed by atoms with Crippen LogP contribution in [-0.4, -0.2) is 34.5 Å². The molecule has 8 heteroatoms. The number of quaternary nitrogens is 1. The molecule has 0 radical (unpaired) electrons. The molecule has 2 aromatic heterocycles. The Morgan fingerprint density at radius 3 is 2.64 bits per heavy atom. The smallest absolute Gasteiger partial charge is 0.221 e. The van der Waals surface area contributed by atoms with E-state index in [1.807, 2.05) is 30.0 Å². The summed E-state index contributed by atoms with van der Waals surface area (Å²) in [4.78, 5) is 7.06. The summed E-state index contributed by atoms with van der Waals surface area (Å²) in [6.45, 7) is 8.01. The van der Waals surface area contributed by atoms with E-state index >= 15 is 0 Å². The Bertz CT molecular complexity index is 994. The number of rotatable bonds is 7. The number of aromatic nitrogens is 3. The standard InChI is InChI=1S/C20H24N4O2S2/c1-3-25-16-10-14-7-8-23(12-15(14)11-17(16)26-4-2)13-24-20(27)21-19(22-24)18-6-5-9-28-18/h5-6,9-11H,3-4,7-8,12-13H2,1-2H3,(H,21,22,27)/p+1. The van der Waals surface area contributed by atoms with E-state index in [0.717, 1.165) is 48.4 Å². The average molecular weight is 418 g/mol. The number of nitrogens with one attached hydrogen (secondary N) is 2. The Hall–Kier alpha value is -2.16. The highest BCUT2D eigenvalue weighted by molar-refractivity contribution is 7.71. The van der Waals surface area contributed by atoms with Gasteiger partial charge in [0.15, 0.2) is 24.0 Å². The first-order valence-corrected chi connectivity index (χ1v) is 10.9. The molecule has 0 aliphatic carbocycles. The highest BCUT2D eigenvalue weighted by Gasteiger charge is 2.23. The minimum Gasteiger partial charge on any atom is -0.490 e.